The van der Waals surface area contributed by atoms with E-state index in [0.717, 1.165) is 0 Å². The van der Waals surface area contributed by atoms with E-state index in [4.69, 9.17) is 4.42 Å². The van der Waals surface area contributed by atoms with Crippen molar-refractivity contribution in [2.24, 2.45) is 0 Å². The zero-order chi connectivity index (χ0) is 21.8. The highest BCUT2D eigenvalue weighted by molar-refractivity contribution is 7.91. The Morgan fingerprint density at radius 2 is 1.35 bits per heavy atom. The van der Waals surface area contributed by atoms with E-state index in [0.29, 0.717) is 16.8 Å². The second-order valence-corrected chi connectivity index (χ2v) is 8.55. The number of carbonyl (C=O) groups is 2. The van der Waals surface area contributed by atoms with Gasteiger partial charge in [0.1, 0.15) is 0 Å². The Morgan fingerprint density at radius 1 is 0.710 bits per heavy atom. The van der Waals surface area contributed by atoms with Crippen molar-refractivity contribution in [3.63, 3.8) is 0 Å². The molecule has 1 amide bonds. The lowest BCUT2D eigenvalue weighted by Gasteiger charge is -2.06. The van der Waals surface area contributed by atoms with Crippen LogP contribution in [0.3, 0.4) is 0 Å². The van der Waals surface area contributed by atoms with E-state index in [1.54, 1.807) is 66.7 Å². The van der Waals surface area contributed by atoms with E-state index < -0.39 is 15.7 Å². The standard InChI is InChI=1S/C24H17NO5S/c26-23(17-8-3-1-4-9-17)18-10-7-11-19(16-18)25-24(27)21-14-15-22(30-21)31(28,29)20-12-5-2-6-13-20/h1-16H,(H,25,27). The van der Waals surface area contributed by atoms with Crippen LogP contribution in [0.2, 0.25) is 0 Å². The highest BCUT2D eigenvalue weighted by Gasteiger charge is 2.23. The van der Waals surface area contributed by atoms with E-state index in [2.05, 4.69) is 5.32 Å². The average Bonchev–Trinajstić information content (AvgIpc) is 3.31. The quantitative estimate of drug-likeness (QED) is 0.451. The first-order valence-corrected chi connectivity index (χ1v) is 10.8. The molecule has 0 unspecified atom stereocenters. The number of benzene rings is 3. The molecular weight excluding hydrogens is 414 g/mol. The number of furan rings is 1. The molecule has 154 valence electrons. The van der Waals surface area contributed by atoms with Crippen LogP contribution in [0.25, 0.3) is 0 Å². The van der Waals surface area contributed by atoms with Crippen molar-refractivity contribution >= 4 is 27.2 Å². The Bertz CT molecular complexity index is 1340. The van der Waals surface area contributed by atoms with E-state index >= 15 is 0 Å². The van der Waals surface area contributed by atoms with Gasteiger partial charge in [0.15, 0.2) is 11.5 Å². The Hall–Kier alpha value is -3.97. The van der Waals surface area contributed by atoms with Gasteiger partial charge in [-0.25, -0.2) is 8.42 Å². The SMILES string of the molecule is O=C(c1ccccc1)c1cccc(NC(=O)c2ccc(S(=O)(=O)c3ccccc3)o2)c1. The predicted octanol–water partition coefficient (Wildman–Crippen LogP) is 4.60. The summed E-state index contributed by atoms with van der Waals surface area (Å²) in [5.74, 6) is -0.959. The molecule has 0 atom stereocenters. The Labute approximate surface area is 179 Å². The zero-order valence-electron chi connectivity index (χ0n) is 16.2. The van der Waals surface area contributed by atoms with Crippen molar-refractivity contribution in [3.05, 3.63) is 114 Å². The summed E-state index contributed by atoms with van der Waals surface area (Å²) in [5.41, 5.74) is 1.33. The van der Waals surface area contributed by atoms with Crippen LogP contribution in [0, 0.1) is 0 Å². The van der Waals surface area contributed by atoms with Crippen molar-refractivity contribution in [3.8, 4) is 0 Å². The molecule has 31 heavy (non-hydrogen) atoms. The van der Waals surface area contributed by atoms with E-state index in [-0.39, 0.29) is 21.5 Å². The largest absolute Gasteiger partial charge is 0.439 e. The zero-order valence-corrected chi connectivity index (χ0v) is 17.0. The summed E-state index contributed by atoms with van der Waals surface area (Å²) in [7, 11) is -3.86. The van der Waals surface area contributed by atoms with Crippen LogP contribution in [0.15, 0.2) is 111 Å². The molecule has 6 nitrogen and oxygen atoms in total. The number of sulfone groups is 1. The normalized spacial score (nSPS) is 11.1. The smallest absolute Gasteiger partial charge is 0.291 e. The van der Waals surface area contributed by atoms with Crippen LogP contribution in [0.4, 0.5) is 5.69 Å². The number of anilines is 1. The minimum Gasteiger partial charge on any atom is -0.439 e. The van der Waals surface area contributed by atoms with Gasteiger partial charge < -0.3 is 9.73 Å². The van der Waals surface area contributed by atoms with Crippen molar-refractivity contribution in [2.75, 3.05) is 5.32 Å². The molecule has 0 aliphatic carbocycles. The summed E-state index contributed by atoms with van der Waals surface area (Å²) < 4.78 is 30.6. The molecule has 3 aromatic carbocycles. The van der Waals surface area contributed by atoms with Crippen LogP contribution in [-0.2, 0) is 9.84 Å². The fourth-order valence-electron chi connectivity index (χ4n) is 2.99. The molecule has 1 N–H and O–H groups in total. The first-order chi connectivity index (χ1) is 14.9. The highest BCUT2D eigenvalue weighted by atomic mass is 32.2. The average molecular weight is 431 g/mol. The fourth-order valence-corrected chi connectivity index (χ4v) is 4.18. The van der Waals surface area contributed by atoms with Crippen molar-refractivity contribution in [1.82, 2.24) is 0 Å². The van der Waals surface area contributed by atoms with Gasteiger partial charge in [-0.15, -0.1) is 0 Å². The van der Waals surface area contributed by atoms with Gasteiger partial charge in [-0.1, -0.05) is 60.7 Å². The number of hydrogen-bond acceptors (Lipinski definition) is 5. The number of hydrogen-bond donors (Lipinski definition) is 1. The van der Waals surface area contributed by atoms with Crippen molar-refractivity contribution in [2.45, 2.75) is 9.99 Å². The number of ketones is 1. The maximum Gasteiger partial charge on any atom is 0.291 e. The Kier molecular flexibility index (Phi) is 5.51. The van der Waals surface area contributed by atoms with Crippen LogP contribution in [0.5, 0.6) is 0 Å². The number of amides is 1. The maximum absolute atomic E-state index is 12.6. The monoisotopic (exact) mass is 431 g/mol. The van der Waals surface area contributed by atoms with Gasteiger partial charge in [0.05, 0.1) is 4.90 Å². The number of nitrogens with one attached hydrogen (secondary N) is 1. The van der Waals surface area contributed by atoms with E-state index in [1.165, 1.54) is 24.3 Å². The molecule has 0 saturated carbocycles. The molecule has 0 bridgehead atoms. The predicted molar refractivity (Wildman–Crippen MR) is 115 cm³/mol. The molecule has 0 spiro atoms. The van der Waals surface area contributed by atoms with Crippen molar-refractivity contribution < 1.29 is 22.4 Å². The third kappa shape index (κ3) is 4.31. The Balaban J connectivity index is 1.53. The third-order valence-corrected chi connectivity index (χ3v) is 6.18. The summed E-state index contributed by atoms with van der Waals surface area (Å²) in [5, 5.41) is 2.31. The first-order valence-electron chi connectivity index (χ1n) is 9.36. The van der Waals surface area contributed by atoms with Crippen molar-refractivity contribution in [1.29, 1.82) is 0 Å². The Morgan fingerprint density at radius 3 is 2.06 bits per heavy atom. The molecule has 0 saturated heterocycles. The summed E-state index contributed by atoms with van der Waals surface area (Å²) >= 11 is 0. The lowest BCUT2D eigenvalue weighted by molar-refractivity contribution is 0.0989. The number of carbonyl (C=O) groups excluding carboxylic acids is 2. The van der Waals surface area contributed by atoms with Crippen LogP contribution < -0.4 is 5.32 Å². The molecule has 7 heteroatoms. The lowest BCUT2D eigenvalue weighted by Crippen LogP contribution is -2.12. The van der Waals surface area contributed by atoms with E-state index in [1.807, 2.05) is 6.07 Å². The van der Waals surface area contributed by atoms with E-state index in [9.17, 15) is 18.0 Å². The van der Waals surface area contributed by atoms with Gasteiger partial charge in [-0.2, -0.15) is 0 Å². The minimum absolute atomic E-state index is 0.0726. The molecule has 0 radical (unpaired) electrons. The fraction of sp³-hybridized carbons (Fsp3) is 0. The molecule has 1 heterocycles. The second kappa shape index (κ2) is 8.41. The molecule has 0 aliphatic heterocycles. The lowest BCUT2D eigenvalue weighted by atomic mass is 10.0. The third-order valence-electron chi connectivity index (χ3n) is 4.54. The van der Waals surface area contributed by atoms with Gasteiger partial charge >= 0.3 is 0 Å². The van der Waals surface area contributed by atoms with Crippen LogP contribution in [0.1, 0.15) is 26.5 Å². The summed E-state index contributed by atoms with van der Waals surface area (Å²) in [6, 6.07) is 25.6. The van der Waals surface area contributed by atoms with Gasteiger partial charge in [0.2, 0.25) is 14.9 Å². The molecular formula is C24H17NO5S. The maximum atomic E-state index is 12.6. The molecule has 0 fully saturated rings. The van der Waals surface area contributed by atoms with Gasteiger partial charge in [0.25, 0.3) is 5.91 Å². The highest BCUT2D eigenvalue weighted by Crippen LogP contribution is 2.23. The minimum atomic E-state index is -3.86. The summed E-state index contributed by atoms with van der Waals surface area (Å²) in [4.78, 5) is 25.2. The number of rotatable bonds is 6. The topological polar surface area (TPSA) is 93.5 Å². The van der Waals surface area contributed by atoms with Crippen LogP contribution in [-0.4, -0.2) is 20.1 Å². The molecule has 0 aliphatic rings. The summed E-state index contributed by atoms with van der Waals surface area (Å²) in [6.07, 6.45) is 0. The molecule has 4 rings (SSSR count). The van der Waals surface area contributed by atoms with Gasteiger partial charge in [-0.05, 0) is 36.4 Å². The van der Waals surface area contributed by atoms with Crippen LogP contribution >= 0.6 is 0 Å². The molecule has 4 aromatic rings. The first kappa shape index (κ1) is 20.3. The molecule has 1 aromatic heterocycles. The van der Waals surface area contributed by atoms with Gasteiger partial charge in [0, 0.05) is 16.8 Å². The van der Waals surface area contributed by atoms with Gasteiger partial charge in [-0.3, -0.25) is 9.59 Å². The summed E-state index contributed by atoms with van der Waals surface area (Å²) in [6.45, 7) is 0. The second-order valence-electron chi connectivity index (χ2n) is 6.67.